The zero-order valence-corrected chi connectivity index (χ0v) is 9.79. The van der Waals surface area contributed by atoms with Crippen molar-refractivity contribution in [3.05, 3.63) is 11.9 Å². The number of carboxylic acids is 1. The molecule has 1 N–H and O–H groups in total. The minimum atomic E-state index is -1.17. The molecule has 0 aliphatic rings. The molecule has 7 nitrogen and oxygen atoms in total. The van der Waals surface area contributed by atoms with Gasteiger partial charge in [0.25, 0.3) is 0 Å². The van der Waals surface area contributed by atoms with Crippen LogP contribution in [-0.4, -0.2) is 38.6 Å². The lowest BCUT2D eigenvalue weighted by atomic mass is 10.2. The molecule has 0 saturated heterocycles. The van der Waals surface area contributed by atoms with Crippen LogP contribution >= 0.6 is 0 Å². The predicted molar refractivity (Wildman–Crippen MR) is 57.6 cm³/mol. The van der Waals surface area contributed by atoms with Gasteiger partial charge in [-0.15, -0.1) is 5.10 Å². The first-order valence-electron chi connectivity index (χ1n) is 5.41. The van der Waals surface area contributed by atoms with E-state index in [0.717, 1.165) is 10.9 Å². The highest BCUT2D eigenvalue weighted by Gasteiger charge is 2.25. The van der Waals surface area contributed by atoms with Crippen molar-refractivity contribution < 1.29 is 19.4 Å². The van der Waals surface area contributed by atoms with Gasteiger partial charge < -0.3 is 9.84 Å². The van der Waals surface area contributed by atoms with Gasteiger partial charge in [0.15, 0.2) is 11.7 Å². The lowest BCUT2D eigenvalue weighted by Gasteiger charge is -2.14. The van der Waals surface area contributed by atoms with Gasteiger partial charge in [-0.3, -0.25) is 0 Å². The molecule has 1 heterocycles. The molecule has 17 heavy (non-hydrogen) atoms. The number of esters is 1. The van der Waals surface area contributed by atoms with Gasteiger partial charge in [-0.1, -0.05) is 19.1 Å². The van der Waals surface area contributed by atoms with Crippen molar-refractivity contribution in [1.29, 1.82) is 0 Å². The number of hydrogen-bond donors (Lipinski definition) is 1. The zero-order chi connectivity index (χ0) is 12.8. The van der Waals surface area contributed by atoms with E-state index in [9.17, 15) is 9.59 Å². The van der Waals surface area contributed by atoms with E-state index in [1.54, 1.807) is 6.92 Å². The van der Waals surface area contributed by atoms with Crippen molar-refractivity contribution in [2.24, 2.45) is 0 Å². The fraction of sp³-hybridized carbons (Fsp3) is 0.600. The van der Waals surface area contributed by atoms with Gasteiger partial charge in [-0.25, -0.2) is 14.3 Å². The zero-order valence-electron chi connectivity index (χ0n) is 9.79. The monoisotopic (exact) mass is 241 g/mol. The van der Waals surface area contributed by atoms with Crippen LogP contribution in [0.4, 0.5) is 0 Å². The number of carbonyl (C=O) groups is 2. The van der Waals surface area contributed by atoms with Crippen molar-refractivity contribution in [2.45, 2.75) is 32.7 Å². The molecule has 0 aliphatic heterocycles. The molecular formula is C10H15N3O4. The predicted octanol–water partition coefficient (Wildman–Crippen LogP) is 0.881. The number of hydrogen-bond acceptors (Lipinski definition) is 5. The highest BCUT2D eigenvalue weighted by atomic mass is 16.5. The molecule has 0 fully saturated rings. The van der Waals surface area contributed by atoms with Gasteiger partial charge in [0.2, 0.25) is 0 Å². The number of ether oxygens (including phenoxy) is 1. The molecule has 1 atom stereocenters. The minimum Gasteiger partial charge on any atom is -0.476 e. The molecule has 7 heteroatoms. The Bertz CT molecular complexity index is 402. The number of carbonyl (C=O) groups excluding carboxylic acids is 1. The lowest BCUT2D eigenvalue weighted by Crippen LogP contribution is -2.25. The van der Waals surface area contributed by atoms with Crippen LogP contribution < -0.4 is 0 Å². The Kier molecular flexibility index (Phi) is 4.62. The van der Waals surface area contributed by atoms with E-state index in [1.807, 2.05) is 6.92 Å². The molecule has 0 radical (unpaired) electrons. The summed E-state index contributed by atoms with van der Waals surface area (Å²) in [6, 6.07) is -0.741. The van der Waals surface area contributed by atoms with Crippen molar-refractivity contribution in [3.8, 4) is 0 Å². The second-order valence-corrected chi connectivity index (χ2v) is 3.46. The summed E-state index contributed by atoms with van der Waals surface area (Å²) in [7, 11) is 0. The Morgan fingerprint density at radius 1 is 1.53 bits per heavy atom. The lowest BCUT2D eigenvalue weighted by molar-refractivity contribution is -0.148. The summed E-state index contributed by atoms with van der Waals surface area (Å²) in [5.41, 5.74) is -0.120. The van der Waals surface area contributed by atoms with Gasteiger partial charge in [-0.05, 0) is 12.8 Å². The van der Waals surface area contributed by atoms with E-state index in [2.05, 4.69) is 10.3 Å². The SMILES string of the molecule is CCCOC(=O)C(CC)n1nncc1C(=O)O. The molecule has 94 valence electrons. The summed E-state index contributed by atoms with van der Waals surface area (Å²) in [6.45, 7) is 3.95. The van der Waals surface area contributed by atoms with Gasteiger partial charge in [0.05, 0.1) is 12.8 Å². The van der Waals surface area contributed by atoms with Crippen molar-refractivity contribution in [1.82, 2.24) is 15.0 Å². The maximum Gasteiger partial charge on any atom is 0.355 e. The van der Waals surface area contributed by atoms with Crippen molar-refractivity contribution in [3.63, 3.8) is 0 Å². The van der Waals surface area contributed by atoms with Gasteiger partial charge in [0, 0.05) is 0 Å². The third-order valence-electron chi connectivity index (χ3n) is 2.20. The maximum absolute atomic E-state index is 11.7. The Labute approximate surface area is 98.4 Å². The van der Waals surface area contributed by atoms with Gasteiger partial charge in [-0.2, -0.15) is 0 Å². The normalized spacial score (nSPS) is 12.1. The molecule has 1 rings (SSSR count). The van der Waals surface area contributed by atoms with Crippen LogP contribution in [0.3, 0.4) is 0 Å². The summed E-state index contributed by atoms with van der Waals surface area (Å²) in [5.74, 6) is -1.65. The number of aromatic carboxylic acids is 1. The van der Waals surface area contributed by atoms with Crippen LogP contribution in [0.1, 0.15) is 43.2 Å². The molecule has 1 aromatic heterocycles. The van der Waals surface area contributed by atoms with Crippen LogP contribution in [0.15, 0.2) is 6.20 Å². The van der Waals surface area contributed by atoms with Crippen LogP contribution in [0.25, 0.3) is 0 Å². The van der Waals surface area contributed by atoms with E-state index in [4.69, 9.17) is 9.84 Å². The first-order valence-corrected chi connectivity index (χ1v) is 5.41. The van der Waals surface area contributed by atoms with Crippen LogP contribution in [0.2, 0.25) is 0 Å². The summed E-state index contributed by atoms with van der Waals surface area (Å²) in [6.07, 6.45) is 2.22. The number of nitrogens with zero attached hydrogens (tertiary/aromatic N) is 3. The molecule has 0 saturated carbocycles. The number of rotatable bonds is 6. The molecule has 0 aliphatic carbocycles. The number of carboxylic acid groups (broad SMARTS) is 1. The fourth-order valence-electron chi connectivity index (χ4n) is 1.37. The summed E-state index contributed by atoms with van der Waals surface area (Å²) >= 11 is 0. The van der Waals surface area contributed by atoms with E-state index in [1.165, 1.54) is 0 Å². The first-order chi connectivity index (χ1) is 8.11. The second-order valence-electron chi connectivity index (χ2n) is 3.46. The Morgan fingerprint density at radius 3 is 2.76 bits per heavy atom. The standard InChI is InChI=1S/C10H15N3O4/c1-3-5-17-10(16)7(4-2)13-8(9(14)15)6-11-12-13/h6-7H,3-5H2,1-2H3,(H,14,15). The Hall–Kier alpha value is -1.92. The molecule has 0 aromatic carbocycles. The molecule has 0 bridgehead atoms. The Balaban J connectivity index is 2.89. The quantitative estimate of drug-likeness (QED) is 0.743. The van der Waals surface area contributed by atoms with Crippen LogP contribution in [-0.2, 0) is 9.53 Å². The fourth-order valence-corrected chi connectivity index (χ4v) is 1.37. The summed E-state index contributed by atoms with van der Waals surface area (Å²) in [4.78, 5) is 22.6. The summed E-state index contributed by atoms with van der Waals surface area (Å²) in [5, 5.41) is 16.0. The van der Waals surface area contributed by atoms with E-state index in [-0.39, 0.29) is 5.69 Å². The van der Waals surface area contributed by atoms with Gasteiger partial charge >= 0.3 is 11.9 Å². The highest BCUT2D eigenvalue weighted by Crippen LogP contribution is 2.14. The topological polar surface area (TPSA) is 94.3 Å². The third kappa shape index (κ3) is 3.02. The molecule has 0 spiro atoms. The second kappa shape index (κ2) is 5.97. The van der Waals surface area contributed by atoms with Gasteiger partial charge in [0.1, 0.15) is 0 Å². The average Bonchev–Trinajstić information content (AvgIpc) is 2.76. The molecule has 0 amide bonds. The largest absolute Gasteiger partial charge is 0.476 e. The molecule has 1 unspecified atom stereocenters. The Morgan fingerprint density at radius 2 is 2.24 bits per heavy atom. The minimum absolute atomic E-state index is 0.120. The van der Waals surface area contributed by atoms with Crippen LogP contribution in [0, 0.1) is 0 Å². The van der Waals surface area contributed by atoms with E-state index in [0.29, 0.717) is 19.4 Å². The van der Waals surface area contributed by atoms with Crippen LogP contribution in [0.5, 0.6) is 0 Å². The highest BCUT2D eigenvalue weighted by molar-refractivity contribution is 5.86. The third-order valence-corrected chi connectivity index (χ3v) is 2.20. The van der Waals surface area contributed by atoms with Crippen molar-refractivity contribution >= 4 is 11.9 Å². The maximum atomic E-state index is 11.7. The van der Waals surface area contributed by atoms with E-state index < -0.39 is 18.0 Å². The smallest absolute Gasteiger partial charge is 0.355 e. The van der Waals surface area contributed by atoms with Crippen molar-refractivity contribution in [2.75, 3.05) is 6.61 Å². The first kappa shape index (κ1) is 13.1. The summed E-state index contributed by atoms with van der Waals surface area (Å²) < 4.78 is 6.07. The number of aromatic nitrogens is 3. The van der Waals surface area contributed by atoms with E-state index >= 15 is 0 Å². The average molecular weight is 241 g/mol. The molecular weight excluding hydrogens is 226 g/mol. The molecule has 1 aromatic rings.